The summed E-state index contributed by atoms with van der Waals surface area (Å²) in [4.78, 5) is 0.696. The van der Waals surface area contributed by atoms with Crippen LogP contribution in [-0.2, 0) is 0 Å². The molecule has 2 rings (SSSR count). The Balaban J connectivity index is 2.59. The van der Waals surface area contributed by atoms with Gasteiger partial charge in [0.25, 0.3) is 0 Å². The molecule has 13 heavy (non-hydrogen) atoms. The molecule has 0 fully saturated rings. The van der Waals surface area contributed by atoms with Gasteiger partial charge in [-0.2, -0.15) is 0 Å². The van der Waals surface area contributed by atoms with Crippen molar-refractivity contribution < 1.29 is 5.21 Å². The molecule has 0 atom stereocenters. The Kier molecular flexibility index (Phi) is 1.90. The third kappa shape index (κ3) is 1.36. The van der Waals surface area contributed by atoms with Crippen LogP contribution in [0.4, 0.5) is 0 Å². The molecule has 1 heterocycles. The molecule has 2 aromatic rings. The zero-order valence-electron chi connectivity index (χ0n) is 6.55. The molecular formula is C8H6ClN3O. The van der Waals surface area contributed by atoms with Crippen molar-refractivity contribution in [1.29, 1.82) is 0 Å². The van der Waals surface area contributed by atoms with E-state index in [1.54, 1.807) is 12.1 Å². The Morgan fingerprint density at radius 1 is 1.31 bits per heavy atom. The number of nitrogens with zero attached hydrogens (tertiary/aromatic N) is 3. The molecule has 1 aromatic heterocycles. The molecule has 0 aliphatic rings. The van der Waals surface area contributed by atoms with Gasteiger partial charge in [0.2, 0.25) is 0 Å². The predicted octanol–water partition coefficient (Wildman–Crippen LogP) is 1.84. The Hall–Kier alpha value is -1.55. The summed E-state index contributed by atoms with van der Waals surface area (Å²) in [6.07, 6.45) is 1.45. The van der Waals surface area contributed by atoms with E-state index in [9.17, 15) is 5.21 Å². The van der Waals surface area contributed by atoms with Crippen LogP contribution in [0, 0.1) is 0 Å². The van der Waals surface area contributed by atoms with Crippen molar-refractivity contribution >= 4 is 11.6 Å². The van der Waals surface area contributed by atoms with Crippen molar-refractivity contribution in [2.75, 3.05) is 0 Å². The van der Waals surface area contributed by atoms with Crippen LogP contribution in [0.5, 0.6) is 0 Å². The van der Waals surface area contributed by atoms with Crippen LogP contribution < -0.4 is 0 Å². The average molecular weight is 196 g/mol. The maximum absolute atomic E-state index is 9.21. The summed E-state index contributed by atoms with van der Waals surface area (Å²) in [6, 6.07) is 7.17. The van der Waals surface area contributed by atoms with Gasteiger partial charge in [0, 0.05) is 5.56 Å². The fourth-order valence-corrected chi connectivity index (χ4v) is 1.31. The van der Waals surface area contributed by atoms with Crippen molar-refractivity contribution in [3.63, 3.8) is 0 Å². The van der Waals surface area contributed by atoms with E-state index < -0.39 is 0 Å². The largest absolute Gasteiger partial charge is 0.410 e. The fourth-order valence-electron chi connectivity index (χ4n) is 1.08. The van der Waals surface area contributed by atoms with Crippen LogP contribution in [0.2, 0.25) is 5.02 Å². The Morgan fingerprint density at radius 2 is 2.08 bits per heavy atom. The van der Waals surface area contributed by atoms with Crippen LogP contribution >= 0.6 is 11.6 Å². The van der Waals surface area contributed by atoms with Crippen LogP contribution in [0.25, 0.3) is 11.3 Å². The molecule has 0 radical (unpaired) electrons. The molecule has 0 spiro atoms. The maximum Gasteiger partial charge on any atom is 0.132 e. The first-order valence-corrected chi connectivity index (χ1v) is 4.01. The highest BCUT2D eigenvalue weighted by atomic mass is 35.5. The lowest BCUT2D eigenvalue weighted by atomic mass is 10.2. The van der Waals surface area contributed by atoms with Crippen molar-refractivity contribution in [2.45, 2.75) is 0 Å². The van der Waals surface area contributed by atoms with E-state index in [2.05, 4.69) is 10.3 Å². The summed E-state index contributed by atoms with van der Waals surface area (Å²) in [5.41, 5.74) is 1.18. The van der Waals surface area contributed by atoms with E-state index in [1.165, 1.54) is 6.20 Å². The van der Waals surface area contributed by atoms with E-state index in [0.717, 1.165) is 0 Å². The topological polar surface area (TPSA) is 50.9 Å². The van der Waals surface area contributed by atoms with E-state index in [4.69, 9.17) is 11.6 Å². The maximum atomic E-state index is 9.21. The number of benzene rings is 1. The van der Waals surface area contributed by atoms with Crippen LogP contribution in [0.1, 0.15) is 0 Å². The van der Waals surface area contributed by atoms with Gasteiger partial charge in [0.1, 0.15) is 5.69 Å². The van der Waals surface area contributed by atoms with E-state index >= 15 is 0 Å². The van der Waals surface area contributed by atoms with Crippen molar-refractivity contribution in [3.05, 3.63) is 35.5 Å². The normalized spacial score (nSPS) is 10.2. The Labute approximate surface area is 79.3 Å². The average Bonchev–Trinajstić information content (AvgIpc) is 2.52. The lowest BCUT2D eigenvalue weighted by molar-refractivity contribution is 0.147. The number of rotatable bonds is 1. The molecule has 1 aromatic carbocycles. The molecule has 0 aliphatic heterocycles. The molecule has 66 valence electrons. The SMILES string of the molecule is On1nncc1-c1ccccc1Cl. The molecule has 1 N–H and O–H groups in total. The van der Waals surface area contributed by atoms with Gasteiger partial charge in [-0.15, -0.1) is 5.10 Å². The highest BCUT2D eigenvalue weighted by molar-refractivity contribution is 6.33. The summed E-state index contributed by atoms with van der Waals surface area (Å²) in [6.45, 7) is 0. The van der Waals surface area contributed by atoms with Gasteiger partial charge < -0.3 is 5.21 Å². The van der Waals surface area contributed by atoms with E-state index in [-0.39, 0.29) is 0 Å². The molecule has 0 saturated heterocycles. The second-order valence-electron chi connectivity index (χ2n) is 2.49. The lowest BCUT2D eigenvalue weighted by Crippen LogP contribution is -1.95. The van der Waals surface area contributed by atoms with Gasteiger partial charge in [0.15, 0.2) is 0 Å². The summed E-state index contributed by atoms with van der Waals surface area (Å²) < 4.78 is 0. The van der Waals surface area contributed by atoms with Crippen LogP contribution in [-0.4, -0.2) is 20.4 Å². The van der Waals surface area contributed by atoms with Crippen molar-refractivity contribution in [2.24, 2.45) is 0 Å². The number of hydrogen-bond donors (Lipinski definition) is 1. The lowest BCUT2D eigenvalue weighted by Gasteiger charge is -2.00. The summed E-state index contributed by atoms with van der Waals surface area (Å²) in [7, 11) is 0. The van der Waals surface area contributed by atoms with E-state index in [1.807, 2.05) is 12.1 Å². The second-order valence-corrected chi connectivity index (χ2v) is 2.90. The molecule has 4 nitrogen and oxygen atoms in total. The molecule has 5 heteroatoms. The first-order chi connectivity index (χ1) is 6.29. The van der Waals surface area contributed by atoms with Gasteiger partial charge >= 0.3 is 0 Å². The zero-order valence-corrected chi connectivity index (χ0v) is 7.31. The molecule has 0 aliphatic carbocycles. The number of halogens is 1. The number of aromatic nitrogens is 3. The monoisotopic (exact) mass is 195 g/mol. The third-order valence-electron chi connectivity index (χ3n) is 1.68. The van der Waals surface area contributed by atoms with Gasteiger partial charge in [-0.25, -0.2) is 0 Å². The predicted molar refractivity (Wildman–Crippen MR) is 47.7 cm³/mol. The summed E-state index contributed by atoms with van der Waals surface area (Å²) in [5, 5.41) is 16.7. The molecule has 0 saturated carbocycles. The molecular weight excluding hydrogens is 190 g/mol. The minimum Gasteiger partial charge on any atom is -0.410 e. The quantitative estimate of drug-likeness (QED) is 0.707. The summed E-state index contributed by atoms with van der Waals surface area (Å²) >= 11 is 5.91. The molecule has 0 unspecified atom stereocenters. The minimum absolute atomic E-state index is 0.477. The summed E-state index contributed by atoms with van der Waals surface area (Å²) in [5.74, 6) is 0. The van der Waals surface area contributed by atoms with Gasteiger partial charge in [-0.1, -0.05) is 34.6 Å². The Bertz CT molecular complexity index is 427. The standard InChI is InChI=1S/C8H6ClN3O/c9-7-4-2-1-3-6(7)8-5-10-11-12(8)13/h1-5,13H. The minimum atomic E-state index is 0.477. The van der Waals surface area contributed by atoms with Gasteiger partial charge in [-0.3, -0.25) is 0 Å². The van der Waals surface area contributed by atoms with Gasteiger partial charge in [-0.05, 0) is 11.3 Å². The van der Waals surface area contributed by atoms with Crippen LogP contribution in [0.15, 0.2) is 30.5 Å². The highest BCUT2D eigenvalue weighted by Crippen LogP contribution is 2.25. The van der Waals surface area contributed by atoms with Crippen LogP contribution in [0.3, 0.4) is 0 Å². The number of hydrogen-bond acceptors (Lipinski definition) is 3. The first-order valence-electron chi connectivity index (χ1n) is 3.64. The molecule has 0 bridgehead atoms. The highest BCUT2D eigenvalue weighted by Gasteiger charge is 2.08. The Morgan fingerprint density at radius 3 is 2.69 bits per heavy atom. The molecule has 0 amide bonds. The van der Waals surface area contributed by atoms with E-state index in [0.29, 0.717) is 21.1 Å². The first kappa shape index (κ1) is 8.07. The fraction of sp³-hybridized carbons (Fsp3) is 0. The van der Waals surface area contributed by atoms with Gasteiger partial charge in [0.05, 0.1) is 11.2 Å². The van der Waals surface area contributed by atoms with Crippen molar-refractivity contribution in [1.82, 2.24) is 15.2 Å². The third-order valence-corrected chi connectivity index (χ3v) is 2.01. The second kappa shape index (κ2) is 3.06. The van der Waals surface area contributed by atoms with Crippen molar-refractivity contribution in [3.8, 4) is 11.3 Å². The smallest absolute Gasteiger partial charge is 0.132 e. The zero-order chi connectivity index (χ0) is 9.26.